The molecule has 118 valence electrons. The van der Waals surface area contributed by atoms with Crippen molar-refractivity contribution in [3.63, 3.8) is 0 Å². The molecule has 3 aromatic rings. The zero-order valence-corrected chi connectivity index (χ0v) is 13.3. The van der Waals surface area contributed by atoms with Gasteiger partial charge in [-0.2, -0.15) is 10.1 Å². The van der Waals surface area contributed by atoms with E-state index < -0.39 is 0 Å². The van der Waals surface area contributed by atoms with Crippen LogP contribution in [0.5, 0.6) is 0 Å². The first-order valence-corrected chi connectivity index (χ1v) is 8.04. The van der Waals surface area contributed by atoms with Crippen LogP contribution in [0.3, 0.4) is 0 Å². The number of piperidine rings is 1. The van der Waals surface area contributed by atoms with Crippen LogP contribution in [-0.4, -0.2) is 49.3 Å². The Kier molecular flexibility index (Phi) is 2.51. The van der Waals surface area contributed by atoms with Crippen molar-refractivity contribution in [3.05, 3.63) is 29.5 Å². The molecule has 0 amide bonds. The van der Waals surface area contributed by atoms with Crippen molar-refractivity contribution in [2.75, 3.05) is 19.6 Å². The highest BCUT2D eigenvalue weighted by Gasteiger charge is 2.49. The third-order valence-electron chi connectivity index (χ3n) is 5.24. The predicted molar refractivity (Wildman–Crippen MR) is 83.1 cm³/mol. The van der Waals surface area contributed by atoms with E-state index in [4.69, 9.17) is 9.51 Å². The van der Waals surface area contributed by atoms with Gasteiger partial charge in [-0.25, -0.2) is 9.50 Å². The Morgan fingerprint density at radius 1 is 1.17 bits per heavy atom. The van der Waals surface area contributed by atoms with Gasteiger partial charge < -0.3 is 9.42 Å². The van der Waals surface area contributed by atoms with Gasteiger partial charge in [-0.1, -0.05) is 5.16 Å². The number of rotatable bonds is 2. The van der Waals surface area contributed by atoms with Gasteiger partial charge in [0.1, 0.15) is 0 Å². The lowest BCUT2D eigenvalue weighted by molar-refractivity contribution is 0.292. The Morgan fingerprint density at radius 2 is 2.00 bits per heavy atom. The van der Waals surface area contributed by atoms with E-state index in [2.05, 4.69) is 20.1 Å². The normalized spacial score (nSPS) is 26.4. The van der Waals surface area contributed by atoms with Crippen LogP contribution < -0.4 is 0 Å². The fourth-order valence-corrected chi connectivity index (χ4v) is 3.98. The van der Waals surface area contributed by atoms with Crippen LogP contribution in [0.25, 0.3) is 17.0 Å². The monoisotopic (exact) mass is 310 g/mol. The Morgan fingerprint density at radius 3 is 2.74 bits per heavy atom. The third-order valence-corrected chi connectivity index (χ3v) is 5.24. The molecular formula is C16H18N6O. The number of nitrogens with zero attached hydrogens (tertiary/aromatic N) is 6. The van der Waals surface area contributed by atoms with E-state index in [0.29, 0.717) is 5.82 Å². The molecule has 2 aliphatic rings. The van der Waals surface area contributed by atoms with Crippen LogP contribution in [0.1, 0.15) is 30.1 Å². The highest BCUT2D eigenvalue weighted by atomic mass is 16.5. The quantitative estimate of drug-likeness (QED) is 0.718. The maximum Gasteiger partial charge on any atom is 0.234 e. The summed E-state index contributed by atoms with van der Waals surface area (Å²) < 4.78 is 7.47. The van der Waals surface area contributed by atoms with E-state index in [9.17, 15) is 0 Å². The fraction of sp³-hybridized carbons (Fsp3) is 0.500. The van der Waals surface area contributed by atoms with Crippen LogP contribution in [0.2, 0.25) is 0 Å². The van der Waals surface area contributed by atoms with Crippen LogP contribution in [-0.2, 0) is 5.41 Å². The Balaban J connectivity index is 1.61. The maximum atomic E-state index is 5.65. The predicted octanol–water partition coefficient (Wildman–Crippen LogP) is 1.74. The number of fused-ring (bicyclic) bond motifs is 3. The lowest BCUT2D eigenvalue weighted by Gasteiger charge is -2.19. The van der Waals surface area contributed by atoms with Gasteiger partial charge in [0.2, 0.25) is 11.7 Å². The molecule has 5 rings (SSSR count). The molecule has 7 nitrogen and oxygen atoms in total. The van der Waals surface area contributed by atoms with Crippen LogP contribution >= 0.6 is 0 Å². The van der Waals surface area contributed by atoms with Gasteiger partial charge in [-0.15, -0.1) is 0 Å². The first-order valence-electron chi connectivity index (χ1n) is 8.04. The first-order chi connectivity index (χ1) is 11.1. The van der Waals surface area contributed by atoms with E-state index in [1.54, 1.807) is 6.20 Å². The van der Waals surface area contributed by atoms with Crippen LogP contribution in [0, 0.1) is 13.8 Å². The zero-order chi connectivity index (χ0) is 15.6. The zero-order valence-electron chi connectivity index (χ0n) is 13.3. The maximum absolute atomic E-state index is 5.65. The molecule has 0 saturated carbocycles. The minimum Gasteiger partial charge on any atom is -0.338 e. The molecule has 23 heavy (non-hydrogen) atoms. The average Bonchev–Trinajstić information content (AvgIpc) is 3.29. The van der Waals surface area contributed by atoms with Crippen molar-refractivity contribution < 1.29 is 4.52 Å². The molecule has 2 fully saturated rings. The van der Waals surface area contributed by atoms with Crippen molar-refractivity contribution in [3.8, 4) is 11.4 Å². The van der Waals surface area contributed by atoms with Crippen LogP contribution in [0.15, 0.2) is 16.8 Å². The molecule has 7 heteroatoms. The number of hydrogen-bond donors (Lipinski definition) is 0. The molecule has 0 atom stereocenters. The molecule has 0 aromatic carbocycles. The molecule has 2 saturated heterocycles. The van der Waals surface area contributed by atoms with E-state index in [1.807, 2.05) is 24.4 Å². The van der Waals surface area contributed by atoms with Crippen molar-refractivity contribution in [1.29, 1.82) is 0 Å². The molecule has 0 radical (unpaired) electrons. The minimum absolute atomic E-state index is 0.0630. The standard InChI is InChI=1S/C16H18N6O/c1-10-7-11(2)22-14(18-10)12(8-17-22)13-19-15(23-20-13)16-3-5-21(9-16)6-4-16/h7-8H,3-6,9H2,1-2H3. The fourth-order valence-electron chi connectivity index (χ4n) is 3.98. The highest BCUT2D eigenvalue weighted by molar-refractivity contribution is 5.72. The van der Waals surface area contributed by atoms with Gasteiger partial charge in [-0.3, -0.25) is 0 Å². The lowest BCUT2D eigenvalue weighted by Crippen LogP contribution is -2.24. The number of hydrogen-bond acceptors (Lipinski definition) is 6. The number of aryl methyl sites for hydroxylation is 2. The molecular weight excluding hydrogens is 292 g/mol. The summed E-state index contributed by atoms with van der Waals surface area (Å²) in [6, 6.07) is 2.01. The SMILES string of the molecule is Cc1cc(C)n2ncc(-c3noc(C45CCN(CC4)C5)n3)c2n1. The Labute approximate surface area is 133 Å². The van der Waals surface area contributed by atoms with Crippen molar-refractivity contribution in [2.24, 2.45) is 0 Å². The largest absolute Gasteiger partial charge is 0.338 e. The average molecular weight is 310 g/mol. The highest BCUT2D eigenvalue weighted by Crippen LogP contribution is 2.42. The minimum atomic E-state index is 0.0630. The molecule has 5 heterocycles. The van der Waals surface area contributed by atoms with E-state index >= 15 is 0 Å². The summed E-state index contributed by atoms with van der Waals surface area (Å²) in [6.07, 6.45) is 4.00. The Bertz CT molecular complexity index is 903. The van der Waals surface area contributed by atoms with E-state index in [1.165, 1.54) is 0 Å². The molecule has 0 aliphatic carbocycles. The van der Waals surface area contributed by atoms with E-state index in [-0.39, 0.29) is 5.41 Å². The van der Waals surface area contributed by atoms with Gasteiger partial charge in [0.15, 0.2) is 5.65 Å². The summed E-state index contributed by atoms with van der Waals surface area (Å²) in [7, 11) is 0. The van der Waals surface area contributed by atoms with Gasteiger partial charge in [0, 0.05) is 17.9 Å². The molecule has 0 spiro atoms. The second kappa shape index (κ2) is 4.38. The summed E-state index contributed by atoms with van der Waals surface area (Å²) >= 11 is 0. The molecule has 2 aliphatic heterocycles. The number of aromatic nitrogens is 5. The van der Waals surface area contributed by atoms with Gasteiger partial charge in [-0.05, 0) is 45.8 Å². The summed E-state index contributed by atoms with van der Waals surface area (Å²) in [4.78, 5) is 11.8. The van der Waals surface area contributed by atoms with Gasteiger partial charge in [0.25, 0.3) is 0 Å². The van der Waals surface area contributed by atoms with Crippen molar-refractivity contribution in [2.45, 2.75) is 32.1 Å². The van der Waals surface area contributed by atoms with Gasteiger partial charge >= 0.3 is 0 Å². The smallest absolute Gasteiger partial charge is 0.234 e. The summed E-state index contributed by atoms with van der Waals surface area (Å²) in [5.74, 6) is 1.36. The first kappa shape index (κ1) is 13.2. The molecule has 0 N–H and O–H groups in total. The summed E-state index contributed by atoms with van der Waals surface area (Å²) in [6.45, 7) is 7.31. The van der Waals surface area contributed by atoms with Crippen LogP contribution in [0.4, 0.5) is 0 Å². The molecule has 3 aromatic heterocycles. The Hall–Kier alpha value is -2.28. The molecule has 0 unspecified atom stereocenters. The third kappa shape index (κ3) is 1.80. The van der Waals surface area contributed by atoms with Crippen molar-refractivity contribution in [1.82, 2.24) is 29.6 Å². The molecule has 2 bridgehead atoms. The topological polar surface area (TPSA) is 72.3 Å². The second-order valence-corrected chi connectivity index (χ2v) is 6.81. The summed E-state index contributed by atoms with van der Waals surface area (Å²) in [5, 5.41) is 8.64. The summed E-state index contributed by atoms with van der Waals surface area (Å²) in [5.41, 5.74) is 3.68. The second-order valence-electron chi connectivity index (χ2n) is 6.81. The van der Waals surface area contributed by atoms with Gasteiger partial charge in [0.05, 0.1) is 17.2 Å². The van der Waals surface area contributed by atoms with Crippen molar-refractivity contribution >= 4 is 5.65 Å². The lowest BCUT2D eigenvalue weighted by atomic mass is 9.84. The van der Waals surface area contributed by atoms with E-state index in [0.717, 1.165) is 61.0 Å².